The van der Waals surface area contributed by atoms with Crippen molar-refractivity contribution < 1.29 is 37.2 Å². The molecule has 0 atom stereocenters. The van der Waals surface area contributed by atoms with Crippen LogP contribution in [0.5, 0.6) is 0 Å². The van der Waals surface area contributed by atoms with E-state index in [4.69, 9.17) is 0 Å². The average Bonchev–Trinajstić information content (AvgIpc) is 2.42. The Labute approximate surface area is 182 Å². The van der Waals surface area contributed by atoms with E-state index < -0.39 is 0 Å². The fraction of sp³-hybridized carbons (Fsp3) is 0.591. The molecule has 1 nitrogen and oxygen atoms in total. The van der Waals surface area contributed by atoms with Crippen LogP contribution in [0.15, 0.2) is 36.4 Å². The van der Waals surface area contributed by atoms with E-state index in [-0.39, 0.29) is 47.6 Å². The Morgan fingerprint density at radius 2 is 1.00 bits per heavy atom. The number of rotatable bonds is 2. The maximum absolute atomic E-state index is 4.00. The van der Waals surface area contributed by atoms with Crippen molar-refractivity contribution in [3.63, 3.8) is 0 Å². The van der Waals surface area contributed by atoms with Gasteiger partial charge < -0.3 is 11.9 Å². The van der Waals surface area contributed by atoms with Crippen molar-refractivity contribution in [3.05, 3.63) is 57.9 Å². The standard InChI is InChI=1S/C9H20N.C6H6.C3H8.C2H6.CH4.CH3.Y/c1-7-10(5,6)8-9(2,3)4;1-2-4-6-5-3-1;1-3-2;1-2;;;/h5-8H2,1-4H3;1-6H;3H2,1-2H3;1-2H3;1H4;1H3;/q-1;;;;;-1;. The predicted molar refractivity (Wildman–Crippen MR) is 113 cm³/mol. The zero-order valence-electron chi connectivity index (χ0n) is 17.5. The van der Waals surface area contributed by atoms with Gasteiger partial charge in [-0.05, 0) is 6.92 Å². The van der Waals surface area contributed by atoms with Crippen LogP contribution in [0.3, 0.4) is 0 Å². The third kappa shape index (κ3) is 43.2. The molecule has 0 saturated heterocycles. The molecular formula is C22H47NY-2. The Morgan fingerprint density at radius 1 is 0.792 bits per heavy atom. The van der Waals surface area contributed by atoms with Crippen LogP contribution in [-0.2, 0) is 32.7 Å². The molecule has 2 heteroatoms. The molecule has 0 bridgehead atoms. The molecule has 0 N–H and O–H groups in total. The van der Waals surface area contributed by atoms with Gasteiger partial charge in [-0.2, -0.15) is 14.1 Å². The largest absolute Gasteiger partial charge is 0.594 e. The Hall–Kier alpha value is 0.284. The van der Waals surface area contributed by atoms with E-state index >= 15 is 0 Å². The zero-order chi connectivity index (χ0) is 17.4. The fourth-order valence-electron chi connectivity index (χ4n) is 1.50. The Morgan fingerprint density at radius 3 is 1.08 bits per heavy atom. The summed E-state index contributed by atoms with van der Waals surface area (Å²) >= 11 is 0. The van der Waals surface area contributed by atoms with E-state index in [9.17, 15) is 0 Å². The summed E-state index contributed by atoms with van der Waals surface area (Å²) in [6.07, 6.45) is 1.25. The van der Waals surface area contributed by atoms with Crippen molar-refractivity contribution in [1.29, 1.82) is 0 Å². The molecule has 0 heterocycles. The molecule has 1 aromatic carbocycles. The van der Waals surface area contributed by atoms with Gasteiger partial charge in [0.2, 0.25) is 0 Å². The van der Waals surface area contributed by atoms with Crippen LogP contribution in [0.1, 0.15) is 69.2 Å². The summed E-state index contributed by atoms with van der Waals surface area (Å²) in [7, 11) is 8.00. The summed E-state index contributed by atoms with van der Waals surface area (Å²) in [6.45, 7) is 19.0. The summed E-state index contributed by atoms with van der Waals surface area (Å²) in [4.78, 5) is 0. The molecule has 1 rings (SSSR count). The zero-order valence-corrected chi connectivity index (χ0v) is 20.4. The second-order valence-corrected chi connectivity index (χ2v) is 6.24. The normalized spacial score (nSPS) is 8.75. The smallest absolute Gasteiger partial charge is 0.0361 e. The van der Waals surface area contributed by atoms with Gasteiger partial charge in [-0.3, -0.25) is 0 Å². The van der Waals surface area contributed by atoms with E-state index in [0.717, 1.165) is 13.1 Å². The molecule has 0 spiro atoms. The number of quaternary nitrogens is 1. The van der Waals surface area contributed by atoms with E-state index in [0.29, 0.717) is 9.90 Å². The first-order valence-electron chi connectivity index (χ1n) is 8.24. The number of nitrogens with zero attached hydrogens (tertiary/aromatic N) is 1. The van der Waals surface area contributed by atoms with Gasteiger partial charge in [0.05, 0.1) is 0 Å². The third-order valence-corrected chi connectivity index (χ3v) is 2.15. The maximum Gasteiger partial charge on any atom is 0.0361 e. The molecule has 0 aliphatic carbocycles. The van der Waals surface area contributed by atoms with E-state index in [2.05, 4.69) is 55.6 Å². The molecule has 0 fully saturated rings. The minimum Gasteiger partial charge on any atom is -0.594 e. The summed E-state index contributed by atoms with van der Waals surface area (Å²) in [6, 6.07) is 12.0. The molecular weight excluding hydrogens is 367 g/mol. The Bertz CT molecular complexity index is 249. The first kappa shape index (κ1) is 39.4. The van der Waals surface area contributed by atoms with Crippen molar-refractivity contribution in [2.24, 2.45) is 5.41 Å². The minimum absolute atomic E-state index is 0. The Kier molecular flexibility index (Phi) is 41.9. The predicted octanol–water partition coefficient (Wildman–Crippen LogP) is 7.67. The van der Waals surface area contributed by atoms with E-state index in [1.165, 1.54) is 6.42 Å². The van der Waals surface area contributed by atoms with Crippen LogP contribution < -0.4 is 0 Å². The Balaban J connectivity index is -0.0000000503. The third-order valence-electron chi connectivity index (χ3n) is 2.15. The molecule has 0 unspecified atom stereocenters. The van der Waals surface area contributed by atoms with Crippen molar-refractivity contribution in [2.45, 2.75) is 69.2 Å². The van der Waals surface area contributed by atoms with Crippen LogP contribution in [-0.4, -0.2) is 17.6 Å². The monoisotopic (exact) mass is 414 g/mol. The summed E-state index contributed by atoms with van der Waals surface area (Å²) in [5.41, 5.74) is 0.333. The van der Waals surface area contributed by atoms with Gasteiger partial charge in [0.25, 0.3) is 0 Å². The molecule has 0 aliphatic heterocycles. The van der Waals surface area contributed by atoms with Crippen LogP contribution in [0.25, 0.3) is 0 Å². The van der Waals surface area contributed by atoms with Crippen LogP contribution in [0.2, 0.25) is 0 Å². The van der Waals surface area contributed by atoms with E-state index in [1.807, 2.05) is 50.2 Å². The van der Waals surface area contributed by atoms with Gasteiger partial charge in [-0.15, -0.1) is 0 Å². The quantitative estimate of drug-likeness (QED) is 0.344. The van der Waals surface area contributed by atoms with Crippen LogP contribution >= 0.6 is 0 Å². The van der Waals surface area contributed by atoms with Gasteiger partial charge in [0.1, 0.15) is 0 Å². The molecule has 1 radical (unpaired) electrons. The van der Waals surface area contributed by atoms with Gasteiger partial charge >= 0.3 is 0 Å². The molecule has 145 valence electrons. The second kappa shape index (κ2) is 25.5. The molecule has 0 aromatic heterocycles. The van der Waals surface area contributed by atoms with E-state index in [1.54, 1.807) is 0 Å². The number of benzene rings is 1. The molecule has 0 amide bonds. The first-order valence-corrected chi connectivity index (χ1v) is 8.24. The maximum atomic E-state index is 4.00. The van der Waals surface area contributed by atoms with Crippen molar-refractivity contribution in [1.82, 2.24) is 0 Å². The van der Waals surface area contributed by atoms with Crippen molar-refractivity contribution in [2.75, 3.05) is 13.1 Å². The second-order valence-electron chi connectivity index (χ2n) is 6.24. The van der Waals surface area contributed by atoms with Gasteiger partial charge in [-0.1, -0.05) is 98.7 Å². The van der Waals surface area contributed by atoms with Gasteiger partial charge in [0, 0.05) is 51.2 Å². The number of hydrogen-bond donors (Lipinski definition) is 0. The van der Waals surface area contributed by atoms with Crippen molar-refractivity contribution in [3.8, 4) is 0 Å². The summed E-state index contributed by atoms with van der Waals surface area (Å²) in [5.74, 6) is 0. The number of hydrogen-bond acceptors (Lipinski definition) is 0. The topological polar surface area (TPSA) is 0 Å². The molecule has 0 saturated carbocycles. The van der Waals surface area contributed by atoms with Crippen molar-refractivity contribution >= 4 is 0 Å². The first-order chi connectivity index (χ1) is 9.68. The van der Waals surface area contributed by atoms with Crippen LogP contribution in [0.4, 0.5) is 0 Å². The molecule has 1 aromatic rings. The minimum atomic E-state index is 0. The fourth-order valence-corrected chi connectivity index (χ4v) is 1.50. The average molecular weight is 415 g/mol. The van der Waals surface area contributed by atoms with Crippen LogP contribution in [0, 0.1) is 26.9 Å². The summed E-state index contributed by atoms with van der Waals surface area (Å²) in [5, 5.41) is 0. The van der Waals surface area contributed by atoms with Gasteiger partial charge in [-0.25, -0.2) is 0 Å². The molecule has 0 aliphatic rings. The summed E-state index contributed by atoms with van der Waals surface area (Å²) < 4.78 is 0.628. The SMILES string of the molecule is C.CC.CCC.[CH2-][N+]([CH2-])(CC)CC(C)(C)C.[CH3-].[Y].c1ccccc1. The molecule has 24 heavy (non-hydrogen) atoms. The van der Waals surface area contributed by atoms with Gasteiger partial charge in [0.15, 0.2) is 0 Å².